The van der Waals surface area contributed by atoms with E-state index in [2.05, 4.69) is 36.7 Å². The second-order valence-corrected chi connectivity index (χ2v) is 13.2. The highest BCUT2D eigenvalue weighted by Crippen LogP contribution is 2.57. The van der Waals surface area contributed by atoms with Gasteiger partial charge in [0.2, 0.25) is 11.8 Å². The van der Waals surface area contributed by atoms with Crippen molar-refractivity contribution in [2.45, 2.75) is 62.8 Å². The summed E-state index contributed by atoms with van der Waals surface area (Å²) in [4.78, 5) is 29.9. The largest absolute Gasteiger partial charge is 0.389 e. The van der Waals surface area contributed by atoms with Crippen LogP contribution >= 0.6 is 23.2 Å². The second-order valence-electron chi connectivity index (χ2n) is 12.3. The maximum Gasteiger partial charge on any atom is 0.237 e. The molecule has 2 amide bonds. The molecule has 0 unspecified atom stereocenters. The highest BCUT2D eigenvalue weighted by atomic mass is 35.5. The number of β-amino-alcohol motifs (C(OH)–C–C–N with tert-alkyl or cyclic N) is 2. The number of amides is 2. The molecule has 40 heavy (non-hydrogen) atoms. The lowest BCUT2D eigenvalue weighted by Gasteiger charge is -2.37. The summed E-state index contributed by atoms with van der Waals surface area (Å²) in [6.45, 7) is 7.54. The van der Waals surface area contributed by atoms with Gasteiger partial charge in [0.25, 0.3) is 0 Å². The van der Waals surface area contributed by atoms with Crippen molar-refractivity contribution in [1.29, 1.82) is 0 Å². The fourth-order valence-corrected chi connectivity index (χ4v) is 6.97. The predicted octanol–water partition coefficient (Wildman–Crippen LogP) is 3.04. The third-order valence-electron chi connectivity index (χ3n) is 8.25. The molecule has 3 heterocycles. The van der Waals surface area contributed by atoms with Crippen LogP contribution in [0.2, 0.25) is 10.0 Å². The Morgan fingerprint density at radius 1 is 1.18 bits per heavy atom. The molecule has 1 spiro atoms. The van der Waals surface area contributed by atoms with Gasteiger partial charge in [-0.25, -0.2) is 4.39 Å². The lowest BCUT2D eigenvalue weighted by Crippen LogP contribution is -2.49. The number of carbonyl (C=O) groups is 2. The second kappa shape index (κ2) is 10.9. The van der Waals surface area contributed by atoms with E-state index in [4.69, 9.17) is 23.2 Å². The lowest BCUT2D eigenvalue weighted by molar-refractivity contribution is -0.123. The van der Waals surface area contributed by atoms with Crippen LogP contribution in [0.25, 0.3) is 0 Å². The molecule has 216 valence electrons. The van der Waals surface area contributed by atoms with E-state index in [9.17, 15) is 24.2 Å². The minimum Gasteiger partial charge on any atom is -0.389 e. The number of likely N-dealkylation sites (tertiary alicyclic amines) is 1. The van der Waals surface area contributed by atoms with E-state index in [1.807, 2.05) is 11.0 Å². The number of aliphatic hydroxyl groups excluding tert-OH is 2. The predicted molar refractivity (Wildman–Crippen MR) is 152 cm³/mol. The number of hydrogen-bond donors (Lipinski definition) is 5. The molecule has 0 radical (unpaired) electrons. The van der Waals surface area contributed by atoms with Crippen molar-refractivity contribution in [1.82, 2.24) is 15.5 Å². The first kappa shape index (κ1) is 29.2. The lowest BCUT2D eigenvalue weighted by atomic mass is 9.62. The number of halogens is 3. The quantitative estimate of drug-likeness (QED) is 0.352. The van der Waals surface area contributed by atoms with Gasteiger partial charge in [0.1, 0.15) is 11.2 Å². The van der Waals surface area contributed by atoms with Crippen LogP contribution in [-0.4, -0.2) is 77.4 Å². The molecule has 2 fully saturated rings. The summed E-state index contributed by atoms with van der Waals surface area (Å²) >= 11 is 12.5. The number of fused-ring (bicyclic) bond motifs is 2. The number of carbonyl (C=O) groups excluding carboxylic acids is 2. The number of nitrogens with one attached hydrogen (secondary N) is 3. The Morgan fingerprint density at radius 2 is 1.88 bits per heavy atom. The molecule has 0 bridgehead atoms. The van der Waals surface area contributed by atoms with Crippen LogP contribution in [0.4, 0.5) is 10.1 Å². The molecule has 0 aliphatic carbocycles. The molecule has 3 aliphatic heterocycles. The summed E-state index contributed by atoms with van der Waals surface area (Å²) in [5.41, 5.74) is 0.0167. The summed E-state index contributed by atoms with van der Waals surface area (Å²) in [5.74, 6) is -1.99. The molecule has 0 aromatic heterocycles. The summed E-state index contributed by atoms with van der Waals surface area (Å²) in [7, 11) is 0. The monoisotopic (exact) mass is 592 g/mol. The maximum atomic E-state index is 15.0. The number of aliphatic hydroxyl groups is 2. The van der Waals surface area contributed by atoms with E-state index in [1.54, 1.807) is 18.2 Å². The third-order valence-corrected chi connectivity index (χ3v) is 8.78. The first-order chi connectivity index (χ1) is 18.8. The van der Waals surface area contributed by atoms with Crippen molar-refractivity contribution in [2.24, 2.45) is 5.41 Å². The normalized spacial score (nSPS) is 30.1. The SMILES string of the molecule is CC(C)(C)C[C@H]1N[C@@H](C(=O)NCCN2C[C@@H](O)[C@@H](O)C2)[C@H](c2cccc(Cl)c2)[C@@]12C(=O)Nc1cc(Cl)c(F)cc12. The van der Waals surface area contributed by atoms with Crippen LogP contribution in [-0.2, 0) is 15.0 Å². The van der Waals surface area contributed by atoms with Gasteiger partial charge in [-0.1, -0.05) is 56.1 Å². The third kappa shape index (κ3) is 5.24. The Hall–Kier alpha value is -2.27. The Bertz CT molecular complexity index is 1310. The summed E-state index contributed by atoms with van der Waals surface area (Å²) in [6, 6.07) is 8.47. The average Bonchev–Trinajstić information content (AvgIpc) is 3.46. The first-order valence-corrected chi connectivity index (χ1v) is 14.3. The first-order valence-electron chi connectivity index (χ1n) is 13.5. The fraction of sp³-hybridized carbons (Fsp3) is 0.517. The Morgan fingerprint density at radius 3 is 2.52 bits per heavy atom. The van der Waals surface area contributed by atoms with Crippen molar-refractivity contribution in [2.75, 3.05) is 31.5 Å². The number of benzene rings is 2. The Labute approximate surface area is 243 Å². The molecule has 2 saturated heterocycles. The van der Waals surface area contributed by atoms with Crippen molar-refractivity contribution in [3.05, 3.63) is 63.4 Å². The summed E-state index contributed by atoms with van der Waals surface area (Å²) < 4.78 is 15.0. The topological polar surface area (TPSA) is 114 Å². The smallest absolute Gasteiger partial charge is 0.237 e. The van der Waals surface area contributed by atoms with Crippen LogP contribution in [0, 0.1) is 11.2 Å². The van der Waals surface area contributed by atoms with Gasteiger partial charge in [-0.2, -0.15) is 0 Å². The molecule has 2 aromatic carbocycles. The van der Waals surface area contributed by atoms with Gasteiger partial charge in [0, 0.05) is 48.8 Å². The van der Waals surface area contributed by atoms with E-state index in [0.29, 0.717) is 47.9 Å². The Balaban J connectivity index is 1.56. The molecule has 2 aromatic rings. The molecule has 11 heteroatoms. The van der Waals surface area contributed by atoms with E-state index < -0.39 is 41.4 Å². The molecule has 6 atom stereocenters. The number of nitrogens with zero attached hydrogens (tertiary/aromatic N) is 1. The van der Waals surface area contributed by atoms with Gasteiger partial charge in [-0.05, 0) is 47.2 Å². The standard InChI is InChI=1S/C29H35Cl2FN4O4/c1-28(2,3)12-23-29(17-10-19(32)18(31)11-20(17)34-27(29)40)24(15-5-4-6-16(30)9-15)25(35-23)26(39)33-7-8-36-13-21(37)22(38)14-36/h4-6,9-11,21-25,35,37-38H,7-8,12-14H2,1-3H3,(H,33,39)(H,34,40)/t21-,22+,23-,24+,25-,29+/m1/s1. The van der Waals surface area contributed by atoms with Gasteiger partial charge in [-0.3, -0.25) is 14.5 Å². The Kier molecular flexibility index (Phi) is 7.93. The van der Waals surface area contributed by atoms with E-state index in [1.165, 1.54) is 12.1 Å². The van der Waals surface area contributed by atoms with Gasteiger partial charge in [0.05, 0.1) is 23.3 Å². The minimum atomic E-state index is -1.32. The van der Waals surface area contributed by atoms with Crippen LogP contribution < -0.4 is 16.0 Å². The highest BCUT2D eigenvalue weighted by Gasteiger charge is 2.65. The molecule has 5 rings (SSSR count). The van der Waals surface area contributed by atoms with Crippen molar-refractivity contribution in [3.8, 4) is 0 Å². The average molecular weight is 594 g/mol. The van der Waals surface area contributed by atoms with E-state index >= 15 is 0 Å². The molecule has 5 N–H and O–H groups in total. The zero-order valence-electron chi connectivity index (χ0n) is 22.7. The molecular weight excluding hydrogens is 558 g/mol. The van der Waals surface area contributed by atoms with Crippen molar-refractivity contribution < 1.29 is 24.2 Å². The molecular formula is C29H35Cl2FN4O4. The van der Waals surface area contributed by atoms with E-state index in [-0.39, 0.29) is 28.8 Å². The summed E-state index contributed by atoms with van der Waals surface area (Å²) in [5, 5.41) is 29.4. The zero-order chi connectivity index (χ0) is 29.0. The number of rotatable bonds is 6. The van der Waals surface area contributed by atoms with Gasteiger partial charge >= 0.3 is 0 Å². The maximum absolute atomic E-state index is 15.0. The van der Waals surface area contributed by atoms with Crippen LogP contribution in [0.15, 0.2) is 36.4 Å². The van der Waals surface area contributed by atoms with Crippen molar-refractivity contribution in [3.63, 3.8) is 0 Å². The molecule has 3 aliphatic rings. The zero-order valence-corrected chi connectivity index (χ0v) is 24.2. The van der Waals surface area contributed by atoms with Gasteiger partial charge < -0.3 is 26.2 Å². The number of anilines is 1. The van der Waals surface area contributed by atoms with Gasteiger partial charge in [-0.15, -0.1) is 0 Å². The van der Waals surface area contributed by atoms with Crippen LogP contribution in [0.5, 0.6) is 0 Å². The molecule has 0 saturated carbocycles. The van der Waals surface area contributed by atoms with Crippen molar-refractivity contribution >= 4 is 40.7 Å². The summed E-state index contributed by atoms with van der Waals surface area (Å²) in [6.07, 6.45) is -1.10. The number of hydrogen-bond acceptors (Lipinski definition) is 6. The van der Waals surface area contributed by atoms with Crippen LogP contribution in [0.1, 0.15) is 44.2 Å². The van der Waals surface area contributed by atoms with Gasteiger partial charge in [0.15, 0.2) is 0 Å². The van der Waals surface area contributed by atoms with Crippen LogP contribution in [0.3, 0.4) is 0 Å². The minimum absolute atomic E-state index is 0.0971. The van der Waals surface area contributed by atoms with E-state index in [0.717, 1.165) is 0 Å². The molecule has 8 nitrogen and oxygen atoms in total. The highest BCUT2D eigenvalue weighted by molar-refractivity contribution is 6.31. The fourth-order valence-electron chi connectivity index (χ4n) is 6.61.